The molecule has 0 saturated carbocycles. The van der Waals surface area contributed by atoms with E-state index in [0.29, 0.717) is 11.9 Å². The van der Waals surface area contributed by atoms with Gasteiger partial charge in [-0.2, -0.15) is 0 Å². The smallest absolute Gasteiger partial charge is 0.298 e. The predicted molar refractivity (Wildman–Crippen MR) is 109 cm³/mol. The second-order valence-corrected chi connectivity index (χ2v) is 6.56. The fraction of sp³-hybridized carbons (Fsp3) is 0.0870. The van der Waals surface area contributed by atoms with E-state index in [1.54, 1.807) is 16.7 Å². The molecular formula is C23H18FN3O2. The normalized spacial score (nSPS) is 11.3. The highest BCUT2D eigenvalue weighted by Gasteiger charge is 2.17. The van der Waals surface area contributed by atoms with E-state index in [1.165, 1.54) is 18.2 Å². The van der Waals surface area contributed by atoms with Gasteiger partial charge in [-0.3, -0.25) is 4.79 Å². The Morgan fingerprint density at radius 3 is 2.41 bits per heavy atom. The molecule has 0 radical (unpaired) electrons. The van der Waals surface area contributed by atoms with Crippen molar-refractivity contribution in [1.82, 2.24) is 4.57 Å². The minimum Gasteiger partial charge on any atom is -0.493 e. The largest absolute Gasteiger partial charge is 0.493 e. The number of amides is 1. The number of azo groups is 1. The van der Waals surface area contributed by atoms with Crippen LogP contribution in [-0.2, 0) is 13.0 Å². The van der Waals surface area contributed by atoms with E-state index in [1.807, 2.05) is 48.5 Å². The van der Waals surface area contributed by atoms with Crippen LogP contribution in [0.25, 0.3) is 10.9 Å². The quantitative estimate of drug-likeness (QED) is 0.450. The van der Waals surface area contributed by atoms with Crippen LogP contribution in [0.1, 0.15) is 15.9 Å². The maximum absolute atomic E-state index is 13.8. The van der Waals surface area contributed by atoms with Crippen molar-refractivity contribution in [3.05, 3.63) is 95.8 Å². The Labute approximate surface area is 166 Å². The Hall–Kier alpha value is -3.80. The van der Waals surface area contributed by atoms with Gasteiger partial charge in [-0.15, -0.1) is 10.2 Å². The van der Waals surface area contributed by atoms with Crippen molar-refractivity contribution in [3.8, 4) is 5.88 Å². The third kappa shape index (κ3) is 3.78. The Balaban J connectivity index is 1.67. The molecule has 1 heterocycles. The van der Waals surface area contributed by atoms with Crippen LogP contribution >= 0.6 is 0 Å². The lowest BCUT2D eigenvalue weighted by Crippen LogP contribution is -2.00. The van der Waals surface area contributed by atoms with Crippen molar-refractivity contribution in [2.24, 2.45) is 10.2 Å². The van der Waals surface area contributed by atoms with E-state index in [-0.39, 0.29) is 17.1 Å². The lowest BCUT2D eigenvalue weighted by Gasteiger charge is -2.07. The summed E-state index contributed by atoms with van der Waals surface area (Å²) in [7, 11) is 0. The van der Waals surface area contributed by atoms with Gasteiger partial charge in [0.2, 0.25) is 5.88 Å². The number of fused-ring (bicyclic) bond motifs is 1. The van der Waals surface area contributed by atoms with Crippen LogP contribution < -0.4 is 0 Å². The minimum absolute atomic E-state index is 0.0767. The van der Waals surface area contributed by atoms with Gasteiger partial charge >= 0.3 is 0 Å². The molecule has 0 unspecified atom stereocenters. The summed E-state index contributed by atoms with van der Waals surface area (Å²) >= 11 is 0. The lowest BCUT2D eigenvalue weighted by molar-refractivity contribution is 0.0991. The lowest BCUT2D eigenvalue weighted by atomic mass is 10.1. The number of aromatic hydroxyl groups is 1. The first-order chi connectivity index (χ1) is 14.1. The molecule has 1 N–H and O–H groups in total. The minimum atomic E-state index is -0.802. The molecule has 4 rings (SSSR count). The summed E-state index contributed by atoms with van der Waals surface area (Å²) in [5.74, 6) is -1.54. The standard InChI is InChI=1S/C23H18FN3O2/c24-19-12-6-4-10-17(19)22(28)26-25-21-18-11-5-7-13-20(18)27(23(21)29)15-14-16-8-2-1-3-9-16/h1-13,29H,14-15H2. The van der Waals surface area contributed by atoms with Gasteiger partial charge in [0.15, 0.2) is 5.69 Å². The van der Waals surface area contributed by atoms with Gasteiger partial charge in [0.25, 0.3) is 5.91 Å². The van der Waals surface area contributed by atoms with Crippen molar-refractivity contribution in [3.63, 3.8) is 0 Å². The zero-order valence-electron chi connectivity index (χ0n) is 15.5. The summed E-state index contributed by atoms with van der Waals surface area (Å²) in [6, 6.07) is 22.9. The van der Waals surface area contributed by atoms with Gasteiger partial charge in [-0.05, 0) is 30.2 Å². The van der Waals surface area contributed by atoms with Crippen LogP contribution in [0, 0.1) is 5.82 Å². The van der Waals surface area contributed by atoms with Crippen molar-refractivity contribution in [2.45, 2.75) is 13.0 Å². The molecule has 0 spiro atoms. The van der Waals surface area contributed by atoms with Gasteiger partial charge in [-0.1, -0.05) is 60.7 Å². The number of hydrogen-bond acceptors (Lipinski definition) is 3. The molecule has 29 heavy (non-hydrogen) atoms. The third-order valence-electron chi connectivity index (χ3n) is 4.73. The molecule has 6 heteroatoms. The number of rotatable bonds is 5. The molecule has 0 aliphatic heterocycles. The monoisotopic (exact) mass is 387 g/mol. The second-order valence-electron chi connectivity index (χ2n) is 6.56. The predicted octanol–water partition coefficient (Wildman–Crippen LogP) is 5.65. The summed E-state index contributed by atoms with van der Waals surface area (Å²) in [5, 5.41) is 19.0. The Morgan fingerprint density at radius 2 is 1.62 bits per heavy atom. The first-order valence-corrected chi connectivity index (χ1v) is 9.20. The number of aromatic nitrogens is 1. The van der Waals surface area contributed by atoms with Gasteiger partial charge < -0.3 is 9.67 Å². The number of halogens is 1. The maximum atomic E-state index is 13.8. The van der Waals surface area contributed by atoms with Crippen molar-refractivity contribution in [1.29, 1.82) is 0 Å². The molecule has 5 nitrogen and oxygen atoms in total. The summed E-state index contributed by atoms with van der Waals surface area (Å²) in [4.78, 5) is 12.2. The molecule has 0 atom stereocenters. The highest BCUT2D eigenvalue weighted by molar-refractivity contribution is 5.97. The van der Waals surface area contributed by atoms with E-state index in [2.05, 4.69) is 10.2 Å². The van der Waals surface area contributed by atoms with Crippen LogP contribution in [0.2, 0.25) is 0 Å². The first-order valence-electron chi connectivity index (χ1n) is 9.20. The molecule has 1 aromatic heterocycles. The molecule has 0 aliphatic carbocycles. The van der Waals surface area contributed by atoms with Crippen molar-refractivity contribution < 1.29 is 14.3 Å². The SMILES string of the molecule is O=C(N=Nc1c(O)n(CCc2ccccc2)c2ccccc12)c1ccccc1F. The average molecular weight is 387 g/mol. The molecule has 0 aliphatic rings. The topological polar surface area (TPSA) is 66.9 Å². The molecule has 3 aromatic carbocycles. The van der Waals surface area contributed by atoms with Gasteiger partial charge in [-0.25, -0.2) is 4.39 Å². The number of carbonyl (C=O) groups is 1. The van der Waals surface area contributed by atoms with E-state index >= 15 is 0 Å². The zero-order valence-corrected chi connectivity index (χ0v) is 15.5. The zero-order chi connectivity index (χ0) is 20.2. The van der Waals surface area contributed by atoms with Gasteiger partial charge in [0.1, 0.15) is 5.82 Å². The van der Waals surface area contributed by atoms with Gasteiger partial charge in [0, 0.05) is 11.9 Å². The second kappa shape index (κ2) is 8.06. The number of hydrogen-bond donors (Lipinski definition) is 1. The van der Waals surface area contributed by atoms with Crippen LogP contribution in [0.4, 0.5) is 10.1 Å². The fourth-order valence-electron chi connectivity index (χ4n) is 3.27. The number of para-hydroxylation sites is 1. The van der Waals surface area contributed by atoms with E-state index < -0.39 is 11.7 Å². The molecule has 1 amide bonds. The Morgan fingerprint density at radius 1 is 0.931 bits per heavy atom. The maximum Gasteiger partial charge on any atom is 0.298 e. The van der Waals surface area contributed by atoms with Gasteiger partial charge in [0.05, 0.1) is 11.1 Å². The fourth-order valence-corrected chi connectivity index (χ4v) is 3.27. The molecule has 0 saturated heterocycles. The van der Waals surface area contributed by atoms with Crippen LogP contribution in [0.3, 0.4) is 0 Å². The Bertz CT molecular complexity index is 1200. The molecule has 0 bridgehead atoms. The molecular weight excluding hydrogens is 369 g/mol. The average Bonchev–Trinajstić information content (AvgIpc) is 3.02. The van der Waals surface area contributed by atoms with Crippen LogP contribution in [0.5, 0.6) is 5.88 Å². The van der Waals surface area contributed by atoms with E-state index in [4.69, 9.17) is 0 Å². The van der Waals surface area contributed by atoms with Crippen molar-refractivity contribution in [2.75, 3.05) is 0 Å². The van der Waals surface area contributed by atoms with E-state index in [9.17, 15) is 14.3 Å². The molecule has 4 aromatic rings. The summed E-state index contributed by atoms with van der Waals surface area (Å²) in [5.41, 5.74) is 1.96. The molecule has 144 valence electrons. The summed E-state index contributed by atoms with van der Waals surface area (Å²) in [6.07, 6.45) is 0.720. The molecule has 0 fully saturated rings. The van der Waals surface area contributed by atoms with E-state index in [0.717, 1.165) is 17.5 Å². The van der Waals surface area contributed by atoms with Crippen molar-refractivity contribution >= 4 is 22.5 Å². The first kappa shape index (κ1) is 18.6. The summed E-state index contributed by atoms with van der Waals surface area (Å²) < 4.78 is 15.5. The highest BCUT2D eigenvalue weighted by atomic mass is 19.1. The number of nitrogens with zero attached hydrogens (tertiary/aromatic N) is 3. The van der Waals surface area contributed by atoms with Crippen LogP contribution in [0.15, 0.2) is 89.1 Å². The number of carbonyl (C=O) groups excluding carboxylic acids is 1. The summed E-state index contributed by atoms with van der Waals surface area (Å²) in [6.45, 7) is 0.535. The highest BCUT2D eigenvalue weighted by Crippen LogP contribution is 2.39. The van der Waals surface area contributed by atoms with Crippen LogP contribution in [-0.4, -0.2) is 15.6 Å². The Kier molecular flexibility index (Phi) is 5.16. The number of benzene rings is 3. The third-order valence-corrected chi connectivity index (χ3v) is 4.73. The number of aryl methyl sites for hydroxylation is 2.